The Morgan fingerprint density at radius 2 is 2.05 bits per heavy atom. The molecule has 0 bridgehead atoms. The third-order valence-electron chi connectivity index (χ3n) is 2.75. The van der Waals surface area contributed by atoms with E-state index in [0.717, 1.165) is 16.9 Å². The zero-order chi connectivity index (χ0) is 14.1. The molecule has 0 atom stereocenters. The Kier molecular flexibility index (Phi) is 3.61. The van der Waals surface area contributed by atoms with Crippen LogP contribution in [-0.4, -0.2) is 16.1 Å². The van der Waals surface area contributed by atoms with E-state index in [1.165, 1.54) is 11.3 Å². The molecule has 0 aliphatic carbocycles. The summed E-state index contributed by atoms with van der Waals surface area (Å²) in [5.41, 5.74) is 1.94. The van der Waals surface area contributed by atoms with Gasteiger partial charge in [0.15, 0.2) is 6.29 Å². The third-order valence-corrected chi connectivity index (χ3v) is 4.22. The molecule has 0 spiro atoms. The van der Waals surface area contributed by atoms with E-state index in [1.54, 1.807) is 29.1 Å². The number of hydrogen-bond acceptors (Lipinski definition) is 3. The van der Waals surface area contributed by atoms with E-state index in [0.29, 0.717) is 20.6 Å². The molecule has 0 saturated carbocycles. The second-order valence-electron chi connectivity index (χ2n) is 4.08. The van der Waals surface area contributed by atoms with Crippen LogP contribution < -0.4 is 0 Å². The van der Waals surface area contributed by atoms with E-state index in [9.17, 15) is 4.79 Å². The van der Waals surface area contributed by atoms with E-state index in [4.69, 9.17) is 23.2 Å². The number of halogens is 2. The highest BCUT2D eigenvalue weighted by Crippen LogP contribution is 2.32. The zero-order valence-electron chi connectivity index (χ0n) is 10.1. The van der Waals surface area contributed by atoms with Crippen LogP contribution in [0.2, 0.25) is 9.36 Å². The second kappa shape index (κ2) is 5.40. The first-order valence-electron chi connectivity index (χ1n) is 5.74. The Labute approximate surface area is 129 Å². The van der Waals surface area contributed by atoms with E-state index < -0.39 is 0 Å². The summed E-state index contributed by atoms with van der Waals surface area (Å²) >= 11 is 13.3. The fraction of sp³-hybridized carbons (Fsp3) is 0. The van der Waals surface area contributed by atoms with Crippen molar-refractivity contribution in [3.8, 4) is 16.3 Å². The Bertz CT molecular complexity index is 779. The molecule has 3 aromatic rings. The van der Waals surface area contributed by atoms with Gasteiger partial charge in [0.2, 0.25) is 0 Å². The molecule has 2 heterocycles. The van der Waals surface area contributed by atoms with Crippen LogP contribution >= 0.6 is 34.5 Å². The first kappa shape index (κ1) is 13.4. The maximum Gasteiger partial charge on any atom is 0.153 e. The van der Waals surface area contributed by atoms with Gasteiger partial charge in [-0.15, -0.1) is 11.3 Å². The molecule has 6 heteroatoms. The van der Waals surface area contributed by atoms with Crippen LogP contribution in [0, 0.1) is 0 Å². The number of thiophene rings is 1. The van der Waals surface area contributed by atoms with Crippen LogP contribution in [-0.2, 0) is 0 Å². The van der Waals surface area contributed by atoms with E-state index in [1.807, 2.05) is 18.2 Å². The fourth-order valence-electron chi connectivity index (χ4n) is 1.86. The molecule has 2 aromatic heterocycles. The molecule has 3 nitrogen and oxygen atoms in total. The summed E-state index contributed by atoms with van der Waals surface area (Å²) < 4.78 is 2.30. The number of carbonyl (C=O) groups excluding carboxylic acids is 1. The molecule has 0 aliphatic rings. The van der Waals surface area contributed by atoms with Gasteiger partial charge in [-0.2, -0.15) is 5.10 Å². The monoisotopic (exact) mass is 322 g/mol. The van der Waals surface area contributed by atoms with E-state index in [-0.39, 0.29) is 0 Å². The predicted molar refractivity (Wildman–Crippen MR) is 82.3 cm³/mol. The highest BCUT2D eigenvalue weighted by molar-refractivity contribution is 7.19. The number of aromatic nitrogens is 2. The van der Waals surface area contributed by atoms with Gasteiger partial charge < -0.3 is 0 Å². The number of carbonyl (C=O) groups is 1. The molecule has 0 radical (unpaired) electrons. The standard InChI is InChI=1S/C14H8Cl2N2OS/c15-10-2-1-3-11(6-10)18-7-9(8-19)14(17-18)12-4-5-13(16)20-12/h1-8H. The van der Waals surface area contributed by atoms with E-state index in [2.05, 4.69) is 5.10 Å². The number of aldehydes is 1. The highest BCUT2D eigenvalue weighted by Gasteiger charge is 2.13. The van der Waals surface area contributed by atoms with Crippen molar-refractivity contribution >= 4 is 40.8 Å². The van der Waals surface area contributed by atoms with Gasteiger partial charge >= 0.3 is 0 Å². The minimum atomic E-state index is 0.517. The largest absolute Gasteiger partial charge is 0.298 e. The van der Waals surface area contributed by atoms with Crippen LogP contribution in [0.4, 0.5) is 0 Å². The summed E-state index contributed by atoms with van der Waals surface area (Å²) in [6.45, 7) is 0. The summed E-state index contributed by atoms with van der Waals surface area (Å²) in [4.78, 5) is 12.1. The Morgan fingerprint density at radius 3 is 2.70 bits per heavy atom. The molecule has 100 valence electrons. The number of rotatable bonds is 3. The van der Waals surface area contributed by atoms with Gasteiger partial charge in [-0.3, -0.25) is 4.79 Å². The molecular weight excluding hydrogens is 315 g/mol. The first-order chi connectivity index (χ1) is 9.67. The fourth-order valence-corrected chi connectivity index (χ4v) is 3.09. The maximum atomic E-state index is 11.2. The van der Waals surface area contributed by atoms with Crippen molar-refractivity contribution in [2.24, 2.45) is 0 Å². The van der Waals surface area contributed by atoms with Crippen molar-refractivity contribution in [2.45, 2.75) is 0 Å². The van der Waals surface area contributed by atoms with Gasteiger partial charge in [0.25, 0.3) is 0 Å². The van der Waals surface area contributed by atoms with Crippen molar-refractivity contribution in [1.29, 1.82) is 0 Å². The lowest BCUT2D eigenvalue weighted by molar-refractivity contribution is 0.112. The van der Waals surface area contributed by atoms with Gasteiger partial charge in [0.1, 0.15) is 5.69 Å². The Balaban J connectivity index is 2.11. The SMILES string of the molecule is O=Cc1cn(-c2cccc(Cl)c2)nc1-c1ccc(Cl)s1. The first-order valence-corrected chi connectivity index (χ1v) is 7.31. The van der Waals surface area contributed by atoms with Crippen molar-refractivity contribution in [1.82, 2.24) is 9.78 Å². The number of hydrogen-bond donors (Lipinski definition) is 0. The van der Waals surface area contributed by atoms with Crippen molar-refractivity contribution < 1.29 is 4.79 Å². The molecular formula is C14H8Cl2N2OS. The lowest BCUT2D eigenvalue weighted by Crippen LogP contribution is -1.94. The van der Waals surface area contributed by atoms with Gasteiger partial charge in [-0.1, -0.05) is 29.3 Å². The van der Waals surface area contributed by atoms with Crippen molar-refractivity contribution in [3.05, 3.63) is 57.5 Å². The maximum absolute atomic E-state index is 11.2. The van der Waals surface area contributed by atoms with Crippen LogP contribution in [0.3, 0.4) is 0 Å². The van der Waals surface area contributed by atoms with Crippen LogP contribution in [0.1, 0.15) is 10.4 Å². The number of benzene rings is 1. The van der Waals surface area contributed by atoms with Crippen molar-refractivity contribution in [3.63, 3.8) is 0 Å². The Morgan fingerprint density at radius 1 is 1.20 bits per heavy atom. The summed E-state index contributed by atoms with van der Waals surface area (Å²) in [6, 6.07) is 10.9. The average molecular weight is 323 g/mol. The quantitative estimate of drug-likeness (QED) is 0.654. The summed E-state index contributed by atoms with van der Waals surface area (Å²) in [5, 5.41) is 5.07. The number of nitrogens with zero attached hydrogens (tertiary/aromatic N) is 2. The molecule has 0 saturated heterocycles. The third kappa shape index (κ3) is 2.50. The van der Waals surface area contributed by atoms with Crippen molar-refractivity contribution in [2.75, 3.05) is 0 Å². The van der Waals surface area contributed by atoms with Crippen LogP contribution in [0.5, 0.6) is 0 Å². The smallest absolute Gasteiger partial charge is 0.153 e. The second-order valence-corrected chi connectivity index (χ2v) is 6.23. The molecule has 3 rings (SSSR count). The molecule has 0 fully saturated rings. The van der Waals surface area contributed by atoms with Crippen LogP contribution in [0.25, 0.3) is 16.3 Å². The predicted octanol–water partition coefficient (Wildman–Crippen LogP) is 4.72. The molecule has 0 aliphatic heterocycles. The Hall–Kier alpha value is -1.62. The lowest BCUT2D eigenvalue weighted by atomic mass is 10.2. The molecule has 0 unspecified atom stereocenters. The lowest BCUT2D eigenvalue weighted by Gasteiger charge is -2.00. The normalized spacial score (nSPS) is 10.7. The topological polar surface area (TPSA) is 34.9 Å². The minimum absolute atomic E-state index is 0.517. The summed E-state index contributed by atoms with van der Waals surface area (Å²) in [7, 11) is 0. The molecule has 1 aromatic carbocycles. The summed E-state index contributed by atoms with van der Waals surface area (Å²) in [6.07, 6.45) is 2.47. The van der Waals surface area contributed by atoms with Gasteiger partial charge in [0.05, 0.1) is 20.5 Å². The van der Waals surface area contributed by atoms with Gasteiger partial charge in [-0.25, -0.2) is 4.68 Å². The van der Waals surface area contributed by atoms with Gasteiger partial charge in [-0.05, 0) is 30.3 Å². The van der Waals surface area contributed by atoms with Crippen LogP contribution in [0.15, 0.2) is 42.6 Å². The van der Waals surface area contributed by atoms with Gasteiger partial charge in [0, 0.05) is 11.2 Å². The molecule has 0 amide bonds. The summed E-state index contributed by atoms with van der Waals surface area (Å²) in [5.74, 6) is 0. The minimum Gasteiger partial charge on any atom is -0.298 e. The molecule has 0 N–H and O–H groups in total. The molecule has 20 heavy (non-hydrogen) atoms. The average Bonchev–Trinajstić information content (AvgIpc) is 3.04. The highest BCUT2D eigenvalue weighted by atomic mass is 35.5. The van der Waals surface area contributed by atoms with E-state index >= 15 is 0 Å². The zero-order valence-corrected chi connectivity index (χ0v) is 12.4.